The molecule has 2 saturated heterocycles. The van der Waals surface area contributed by atoms with Crippen LogP contribution in [0.1, 0.15) is 6.42 Å². The lowest BCUT2D eigenvalue weighted by Gasteiger charge is -2.36. The van der Waals surface area contributed by atoms with E-state index in [1.165, 1.54) is 0 Å². The molecule has 0 radical (unpaired) electrons. The van der Waals surface area contributed by atoms with Gasteiger partial charge in [-0.2, -0.15) is 11.8 Å². The van der Waals surface area contributed by atoms with Crippen LogP contribution in [0.2, 0.25) is 0 Å². The molecule has 0 aromatic carbocycles. The van der Waals surface area contributed by atoms with Gasteiger partial charge in [-0.05, 0) is 12.1 Å². The second kappa shape index (κ2) is 7.00. The van der Waals surface area contributed by atoms with Crippen LogP contribution in [0, 0.1) is 0 Å². The quantitative estimate of drug-likeness (QED) is 0.852. The molecule has 7 heteroatoms. The molecule has 0 saturated carbocycles. The fourth-order valence-corrected chi connectivity index (χ4v) is 3.68. The van der Waals surface area contributed by atoms with Gasteiger partial charge >= 0.3 is 0 Å². The molecule has 1 atom stereocenters. The van der Waals surface area contributed by atoms with Gasteiger partial charge < -0.3 is 15.1 Å². The topological polar surface area (TPSA) is 65.5 Å². The molecule has 0 bridgehead atoms. The number of aromatic nitrogens is 1. The lowest BCUT2D eigenvalue weighted by atomic mass is 10.2. The third-order valence-electron chi connectivity index (χ3n) is 3.96. The summed E-state index contributed by atoms with van der Waals surface area (Å²) in [7, 11) is 0. The SMILES string of the molecule is O=C1CCSC[C@H](C(=O)N2CCN(c3ccccn3)CC2)N1. The Kier molecular flexibility index (Phi) is 4.82. The lowest BCUT2D eigenvalue weighted by molar-refractivity contribution is -0.135. The first-order valence-electron chi connectivity index (χ1n) is 7.56. The smallest absolute Gasteiger partial charge is 0.246 e. The van der Waals surface area contributed by atoms with Crippen molar-refractivity contribution in [2.24, 2.45) is 0 Å². The largest absolute Gasteiger partial charge is 0.353 e. The number of rotatable bonds is 2. The Bertz CT molecular complexity index is 532. The summed E-state index contributed by atoms with van der Waals surface area (Å²) in [6.45, 7) is 2.89. The molecule has 1 aromatic rings. The van der Waals surface area contributed by atoms with Gasteiger partial charge in [-0.3, -0.25) is 9.59 Å². The molecule has 2 amide bonds. The standard InChI is InChI=1S/C15H20N4O2S/c20-14-4-10-22-11-12(17-14)15(21)19-8-6-18(7-9-19)13-3-1-2-5-16-13/h1-3,5,12H,4,6-11H2,(H,17,20)/t12-/m1/s1. The molecular weight excluding hydrogens is 300 g/mol. The van der Waals surface area contributed by atoms with E-state index in [2.05, 4.69) is 15.2 Å². The van der Waals surface area contributed by atoms with Crippen LogP contribution < -0.4 is 10.2 Å². The molecule has 1 N–H and O–H groups in total. The average molecular weight is 320 g/mol. The van der Waals surface area contributed by atoms with Crippen molar-refractivity contribution in [3.63, 3.8) is 0 Å². The van der Waals surface area contributed by atoms with E-state index in [9.17, 15) is 9.59 Å². The predicted octanol–water partition coefficient (Wildman–Crippen LogP) is 0.352. The zero-order valence-corrected chi connectivity index (χ0v) is 13.2. The monoisotopic (exact) mass is 320 g/mol. The number of thioether (sulfide) groups is 1. The Balaban J connectivity index is 1.56. The second-order valence-corrected chi connectivity index (χ2v) is 6.60. The summed E-state index contributed by atoms with van der Waals surface area (Å²) in [5.41, 5.74) is 0. The third kappa shape index (κ3) is 3.52. The number of amides is 2. The minimum absolute atomic E-state index is 0.0181. The van der Waals surface area contributed by atoms with Crippen molar-refractivity contribution in [1.29, 1.82) is 0 Å². The molecule has 0 unspecified atom stereocenters. The van der Waals surface area contributed by atoms with E-state index >= 15 is 0 Å². The van der Waals surface area contributed by atoms with Gasteiger partial charge in [-0.1, -0.05) is 6.07 Å². The highest BCUT2D eigenvalue weighted by Crippen LogP contribution is 2.15. The molecule has 3 heterocycles. The molecule has 22 heavy (non-hydrogen) atoms. The molecule has 0 aliphatic carbocycles. The van der Waals surface area contributed by atoms with Gasteiger partial charge in [0.05, 0.1) is 0 Å². The maximum atomic E-state index is 12.6. The Hall–Kier alpha value is -1.76. The second-order valence-electron chi connectivity index (χ2n) is 5.45. The first-order valence-corrected chi connectivity index (χ1v) is 8.71. The summed E-state index contributed by atoms with van der Waals surface area (Å²) in [6, 6.07) is 5.48. The Morgan fingerprint density at radius 1 is 1.27 bits per heavy atom. The Morgan fingerprint density at radius 3 is 2.82 bits per heavy atom. The fraction of sp³-hybridized carbons (Fsp3) is 0.533. The molecule has 2 aliphatic heterocycles. The van der Waals surface area contributed by atoms with Crippen molar-refractivity contribution in [3.8, 4) is 0 Å². The van der Waals surface area contributed by atoms with Gasteiger partial charge in [0.1, 0.15) is 11.9 Å². The Morgan fingerprint density at radius 2 is 2.09 bits per heavy atom. The van der Waals surface area contributed by atoms with Crippen LogP contribution >= 0.6 is 11.8 Å². The summed E-state index contributed by atoms with van der Waals surface area (Å²) in [5, 5.41) is 2.84. The van der Waals surface area contributed by atoms with Crippen LogP contribution in [0.3, 0.4) is 0 Å². The molecule has 118 valence electrons. The number of carbonyl (C=O) groups is 2. The number of nitrogens with one attached hydrogen (secondary N) is 1. The first-order chi connectivity index (χ1) is 10.7. The summed E-state index contributed by atoms with van der Waals surface area (Å²) in [6.07, 6.45) is 2.28. The van der Waals surface area contributed by atoms with Crippen molar-refractivity contribution in [1.82, 2.24) is 15.2 Å². The van der Waals surface area contributed by atoms with E-state index in [0.717, 1.165) is 24.7 Å². The van der Waals surface area contributed by atoms with Crippen molar-refractivity contribution in [2.45, 2.75) is 12.5 Å². The molecule has 2 aliphatic rings. The fourth-order valence-electron chi connectivity index (χ4n) is 2.72. The summed E-state index contributed by atoms with van der Waals surface area (Å²) in [5.74, 6) is 2.44. The van der Waals surface area contributed by atoms with Crippen LogP contribution in [0.15, 0.2) is 24.4 Å². The van der Waals surface area contributed by atoms with Crippen molar-refractivity contribution in [2.75, 3.05) is 42.6 Å². The van der Waals surface area contributed by atoms with Crippen LogP contribution in [0.25, 0.3) is 0 Å². The molecule has 0 spiro atoms. The number of hydrogen-bond acceptors (Lipinski definition) is 5. The van der Waals surface area contributed by atoms with Crippen LogP contribution in [-0.2, 0) is 9.59 Å². The number of piperazine rings is 1. The predicted molar refractivity (Wildman–Crippen MR) is 86.9 cm³/mol. The first kappa shape index (κ1) is 15.1. The molecule has 6 nitrogen and oxygen atoms in total. The number of nitrogens with zero attached hydrogens (tertiary/aromatic N) is 3. The summed E-state index contributed by atoms with van der Waals surface area (Å²) in [4.78, 5) is 32.6. The summed E-state index contributed by atoms with van der Waals surface area (Å²) < 4.78 is 0. The van der Waals surface area contributed by atoms with Crippen molar-refractivity contribution < 1.29 is 9.59 Å². The maximum Gasteiger partial charge on any atom is 0.246 e. The minimum atomic E-state index is -0.374. The van der Waals surface area contributed by atoms with E-state index in [1.54, 1.807) is 18.0 Å². The zero-order chi connectivity index (χ0) is 15.4. The van der Waals surface area contributed by atoms with Crippen LogP contribution in [0.4, 0.5) is 5.82 Å². The number of hydrogen-bond donors (Lipinski definition) is 1. The zero-order valence-electron chi connectivity index (χ0n) is 12.4. The van der Waals surface area contributed by atoms with Crippen molar-refractivity contribution >= 4 is 29.4 Å². The van der Waals surface area contributed by atoms with Gasteiger partial charge in [-0.15, -0.1) is 0 Å². The molecular formula is C15H20N4O2S. The summed E-state index contributed by atoms with van der Waals surface area (Å²) >= 11 is 1.67. The van der Waals surface area contributed by atoms with Crippen LogP contribution in [0.5, 0.6) is 0 Å². The van der Waals surface area contributed by atoms with E-state index in [1.807, 2.05) is 23.1 Å². The number of carbonyl (C=O) groups excluding carboxylic acids is 2. The van der Waals surface area contributed by atoms with Crippen LogP contribution in [-0.4, -0.2) is 65.4 Å². The van der Waals surface area contributed by atoms with E-state index < -0.39 is 0 Å². The van der Waals surface area contributed by atoms with Gasteiger partial charge in [0, 0.05) is 50.3 Å². The van der Waals surface area contributed by atoms with E-state index in [-0.39, 0.29) is 17.9 Å². The van der Waals surface area contributed by atoms with Gasteiger partial charge in [-0.25, -0.2) is 4.98 Å². The van der Waals surface area contributed by atoms with Gasteiger partial charge in [0.2, 0.25) is 11.8 Å². The van der Waals surface area contributed by atoms with Gasteiger partial charge in [0.15, 0.2) is 0 Å². The van der Waals surface area contributed by atoms with E-state index in [0.29, 0.717) is 25.3 Å². The number of anilines is 1. The van der Waals surface area contributed by atoms with Crippen molar-refractivity contribution in [3.05, 3.63) is 24.4 Å². The molecule has 3 rings (SSSR count). The average Bonchev–Trinajstić information content (AvgIpc) is 2.80. The normalized spacial score (nSPS) is 22.9. The molecule has 2 fully saturated rings. The maximum absolute atomic E-state index is 12.6. The van der Waals surface area contributed by atoms with Gasteiger partial charge in [0.25, 0.3) is 0 Å². The highest BCUT2D eigenvalue weighted by atomic mass is 32.2. The minimum Gasteiger partial charge on any atom is -0.353 e. The Labute approximate surface area is 134 Å². The third-order valence-corrected chi connectivity index (χ3v) is 5.02. The molecule has 1 aromatic heterocycles. The number of pyridine rings is 1. The van der Waals surface area contributed by atoms with E-state index in [4.69, 9.17) is 0 Å². The highest BCUT2D eigenvalue weighted by Gasteiger charge is 2.30. The highest BCUT2D eigenvalue weighted by molar-refractivity contribution is 7.99. The lowest BCUT2D eigenvalue weighted by Crippen LogP contribution is -2.55.